The first-order valence-electron chi connectivity index (χ1n) is 6.13. The van der Waals surface area contributed by atoms with E-state index >= 15 is 0 Å². The number of anilines is 1. The maximum absolute atomic E-state index is 5.38. The number of hydrogen-bond acceptors (Lipinski definition) is 2. The minimum atomic E-state index is 0.758. The summed E-state index contributed by atoms with van der Waals surface area (Å²) in [6, 6.07) is 7.87. The molecular formula is C15H17N3. The highest BCUT2D eigenvalue weighted by Crippen LogP contribution is 2.11. The van der Waals surface area contributed by atoms with Crippen molar-refractivity contribution < 1.29 is 0 Å². The molecule has 1 N–H and O–H groups in total. The first-order chi connectivity index (χ1) is 8.83. The molecule has 0 bridgehead atoms. The fraction of sp³-hybridized carbons (Fsp3) is 0.267. The molecule has 3 heteroatoms. The lowest BCUT2D eigenvalue weighted by Gasteiger charge is -2.09. The number of hydrogen-bond donors (Lipinski definition) is 1. The van der Waals surface area contributed by atoms with Crippen molar-refractivity contribution in [1.82, 2.24) is 9.55 Å². The second-order valence-electron chi connectivity index (χ2n) is 4.16. The van der Waals surface area contributed by atoms with Gasteiger partial charge in [-0.05, 0) is 24.6 Å². The molecular weight excluding hydrogens is 222 g/mol. The molecule has 1 aromatic carbocycles. The second-order valence-corrected chi connectivity index (χ2v) is 4.16. The number of nitrogens with zero attached hydrogens (tertiary/aromatic N) is 2. The van der Waals surface area contributed by atoms with Gasteiger partial charge >= 0.3 is 0 Å². The summed E-state index contributed by atoms with van der Waals surface area (Å²) in [6.45, 7) is 3.92. The number of benzene rings is 1. The quantitative estimate of drug-likeness (QED) is 0.813. The van der Waals surface area contributed by atoms with Gasteiger partial charge in [0, 0.05) is 24.0 Å². The van der Waals surface area contributed by atoms with E-state index in [1.165, 1.54) is 5.69 Å². The Morgan fingerprint density at radius 3 is 3.11 bits per heavy atom. The maximum Gasteiger partial charge on any atom is 0.0948 e. The molecule has 2 aromatic rings. The highest BCUT2D eigenvalue weighted by Gasteiger charge is 2.01. The first kappa shape index (κ1) is 12.3. The molecule has 3 nitrogen and oxygen atoms in total. The maximum atomic E-state index is 5.38. The molecule has 1 heterocycles. The molecule has 0 unspecified atom stereocenters. The summed E-state index contributed by atoms with van der Waals surface area (Å²) in [5.74, 6) is 2.63. The molecule has 0 aliphatic carbocycles. The van der Waals surface area contributed by atoms with Gasteiger partial charge in [0.25, 0.3) is 0 Å². The average molecular weight is 239 g/mol. The Kier molecular flexibility index (Phi) is 4.03. The molecule has 92 valence electrons. The third-order valence-electron chi connectivity index (χ3n) is 2.77. The van der Waals surface area contributed by atoms with Gasteiger partial charge in [0.1, 0.15) is 0 Å². The first-order valence-corrected chi connectivity index (χ1v) is 6.13. The van der Waals surface area contributed by atoms with Crippen molar-refractivity contribution in [3.05, 3.63) is 48.0 Å². The van der Waals surface area contributed by atoms with Crippen molar-refractivity contribution in [1.29, 1.82) is 0 Å². The number of aromatic nitrogens is 2. The largest absolute Gasteiger partial charge is 0.379 e. The van der Waals surface area contributed by atoms with Gasteiger partial charge in [-0.1, -0.05) is 18.9 Å². The van der Waals surface area contributed by atoms with E-state index in [0.717, 1.165) is 30.8 Å². The van der Waals surface area contributed by atoms with E-state index in [-0.39, 0.29) is 0 Å². The molecule has 0 radical (unpaired) electrons. The van der Waals surface area contributed by atoms with Crippen LogP contribution >= 0.6 is 0 Å². The monoisotopic (exact) mass is 239 g/mol. The van der Waals surface area contributed by atoms with Gasteiger partial charge in [0.05, 0.1) is 18.6 Å². The van der Waals surface area contributed by atoms with Crippen LogP contribution in [0.4, 0.5) is 5.69 Å². The van der Waals surface area contributed by atoms with Crippen LogP contribution in [-0.4, -0.2) is 9.55 Å². The topological polar surface area (TPSA) is 29.9 Å². The van der Waals surface area contributed by atoms with Crippen molar-refractivity contribution in [3.8, 4) is 12.3 Å². The smallest absolute Gasteiger partial charge is 0.0948 e. The van der Waals surface area contributed by atoms with Crippen molar-refractivity contribution in [2.45, 2.75) is 26.4 Å². The fourth-order valence-corrected chi connectivity index (χ4v) is 1.85. The predicted octanol–water partition coefficient (Wildman–Crippen LogP) is 2.89. The normalized spacial score (nSPS) is 10.0. The van der Waals surface area contributed by atoms with Gasteiger partial charge in [-0.15, -0.1) is 6.42 Å². The van der Waals surface area contributed by atoms with Gasteiger partial charge in [0.15, 0.2) is 0 Å². The van der Waals surface area contributed by atoms with Crippen LogP contribution in [0.25, 0.3) is 0 Å². The van der Waals surface area contributed by atoms with Crippen LogP contribution in [0.1, 0.15) is 24.6 Å². The summed E-state index contributed by atoms with van der Waals surface area (Å²) >= 11 is 0. The fourth-order valence-electron chi connectivity index (χ4n) is 1.85. The van der Waals surface area contributed by atoms with Crippen LogP contribution < -0.4 is 5.32 Å². The van der Waals surface area contributed by atoms with Crippen molar-refractivity contribution in [2.24, 2.45) is 0 Å². The average Bonchev–Trinajstić information content (AvgIpc) is 2.85. The highest BCUT2D eigenvalue weighted by atomic mass is 15.1. The summed E-state index contributed by atoms with van der Waals surface area (Å²) in [6.07, 6.45) is 10.3. The Labute approximate surface area is 108 Å². The van der Waals surface area contributed by atoms with Crippen molar-refractivity contribution in [2.75, 3.05) is 5.32 Å². The Morgan fingerprint density at radius 1 is 1.44 bits per heavy atom. The number of rotatable bonds is 5. The molecule has 0 saturated heterocycles. The Hall–Kier alpha value is -2.21. The van der Waals surface area contributed by atoms with E-state index in [0.29, 0.717) is 0 Å². The van der Waals surface area contributed by atoms with Crippen molar-refractivity contribution in [3.63, 3.8) is 0 Å². The van der Waals surface area contributed by atoms with E-state index in [9.17, 15) is 0 Å². The third kappa shape index (κ3) is 2.92. The Balaban J connectivity index is 2.02. The molecule has 0 fully saturated rings. The van der Waals surface area contributed by atoms with Crippen LogP contribution in [-0.2, 0) is 13.1 Å². The predicted molar refractivity (Wildman–Crippen MR) is 74.2 cm³/mol. The van der Waals surface area contributed by atoms with Gasteiger partial charge in [-0.25, -0.2) is 4.98 Å². The Bertz CT molecular complexity index is 549. The van der Waals surface area contributed by atoms with Crippen LogP contribution in [0.3, 0.4) is 0 Å². The number of imidazole rings is 1. The summed E-state index contributed by atoms with van der Waals surface area (Å²) in [4.78, 5) is 4.18. The van der Waals surface area contributed by atoms with E-state index < -0.39 is 0 Å². The number of aryl methyl sites for hydroxylation is 1. The standard InChI is InChI=1S/C15H17N3/c1-3-8-18-12-16-10-15(18)11-17-14-7-5-6-13(4-2)9-14/h2,5-7,9-10,12,17H,3,8,11H2,1H3. The molecule has 0 saturated carbocycles. The third-order valence-corrected chi connectivity index (χ3v) is 2.77. The summed E-state index contributed by atoms with van der Waals surface area (Å²) < 4.78 is 2.16. The molecule has 0 atom stereocenters. The lowest BCUT2D eigenvalue weighted by atomic mass is 10.2. The number of nitrogens with one attached hydrogen (secondary N) is 1. The van der Waals surface area contributed by atoms with Crippen LogP contribution in [0.2, 0.25) is 0 Å². The molecule has 0 spiro atoms. The van der Waals surface area contributed by atoms with Crippen LogP contribution in [0, 0.1) is 12.3 Å². The lowest BCUT2D eigenvalue weighted by Crippen LogP contribution is -2.06. The van der Waals surface area contributed by atoms with Gasteiger partial charge < -0.3 is 9.88 Å². The van der Waals surface area contributed by atoms with E-state index in [4.69, 9.17) is 6.42 Å². The zero-order valence-corrected chi connectivity index (χ0v) is 10.6. The molecule has 0 aliphatic rings. The van der Waals surface area contributed by atoms with Crippen LogP contribution in [0.5, 0.6) is 0 Å². The minimum absolute atomic E-state index is 0.758. The van der Waals surface area contributed by atoms with E-state index in [1.54, 1.807) is 0 Å². The highest BCUT2D eigenvalue weighted by molar-refractivity contribution is 5.50. The zero-order chi connectivity index (χ0) is 12.8. The van der Waals surface area contributed by atoms with Gasteiger partial charge in [-0.2, -0.15) is 0 Å². The molecule has 0 aliphatic heterocycles. The van der Waals surface area contributed by atoms with Crippen LogP contribution in [0.15, 0.2) is 36.8 Å². The Morgan fingerprint density at radius 2 is 2.33 bits per heavy atom. The van der Waals surface area contributed by atoms with E-state index in [2.05, 4.69) is 27.7 Å². The molecule has 1 aromatic heterocycles. The lowest BCUT2D eigenvalue weighted by molar-refractivity contribution is 0.651. The van der Waals surface area contributed by atoms with E-state index in [1.807, 2.05) is 36.8 Å². The second kappa shape index (κ2) is 5.92. The summed E-state index contributed by atoms with van der Waals surface area (Å²) in [7, 11) is 0. The molecule has 18 heavy (non-hydrogen) atoms. The summed E-state index contributed by atoms with van der Waals surface area (Å²) in [5, 5.41) is 3.36. The summed E-state index contributed by atoms with van der Waals surface area (Å²) in [5.41, 5.74) is 3.11. The van der Waals surface area contributed by atoms with Crippen molar-refractivity contribution >= 4 is 5.69 Å². The minimum Gasteiger partial charge on any atom is -0.379 e. The SMILES string of the molecule is C#Cc1cccc(NCc2cncn2CCC)c1. The van der Waals surface area contributed by atoms with Gasteiger partial charge in [-0.3, -0.25) is 0 Å². The molecule has 2 rings (SSSR count). The molecule has 0 amide bonds. The van der Waals surface area contributed by atoms with Gasteiger partial charge in [0.2, 0.25) is 0 Å². The number of terminal acetylenes is 1. The zero-order valence-electron chi connectivity index (χ0n) is 10.6.